The van der Waals surface area contributed by atoms with Gasteiger partial charge in [0.25, 0.3) is 0 Å². The van der Waals surface area contributed by atoms with Crippen LogP contribution < -0.4 is 0 Å². The average Bonchev–Trinajstić information content (AvgIpc) is 2.82. The van der Waals surface area contributed by atoms with E-state index in [1.807, 2.05) is 6.20 Å². The van der Waals surface area contributed by atoms with E-state index < -0.39 is 5.97 Å². The van der Waals surface area contributed by atoms with E-state index >= 15 is 0 Å². The van der Waals surface area contributed by atoms with Gasteiger partial charge in [-0.15, -0.1) is 0 Å². The van der Waals surface area contributed by atoms with Gasteiger partial charge in [0.05, 0.1) is 17.8 Å². The number of pyridine rings is 1. The molecule has 1 aliphatic carbocycles. The number of carboxylic acid groups (broad SMARTS) is 1. The first-order valence-corrected chi connectivity index (χ1v) is 10.1. The van der Waals surface area contributed by atoms with Crippen molar-refractivity contribution in [1.29, 1.82) is 0 Å². The van der Waals surface area contributed by atoms with Gasteiger partial charge in [0.1, 0.15) is 0 Å². The van der Waals surface area contributed by atoms with Crippen LogP contribution >= 0.6 is 0 Å². The van der Waals surface area contributed by atoms with Crippen molar-refractivity contribution in [2.45, 2.75) is 64.0 Å². The van der Waals surface area contributed by atoms with Gasteiger partial charge in [-0.3, -0.25) is 9.67 Å². The second-order valence-electron chi connectivity index (χ2n) is 7.92. The first-order chi connectivity index (χ1) is 13.1. The zero-order chi connectivity index (χ0) is 18.8. The van der Waals surface area contributed by atoms with Crippen molar-refractivity contribution in [2.75, 3.05) is 13.1 Å². The number of likely N-dealkylation sites (tertiary alicyclic amines) is 1. The Bertz CT molecular complexity index is 812. The quantitative estimate of drug-likeness (QED) is 0.875. The Balaban J connectivity index is 1.48. The number of hydrogen-bond acceptors (Lipinski definition) is 4. The van der Waals surface area contributed by atoms with Crippen molar-refractivity contribution in [3.05, 3.63) is 47.0 Å². The third kappa shape index (κ3) is 3.76. The number of nitrogens with zero attached hydrogens (tertiary/aromatic N) is 4. The van der Waals surface area contributed by atoms with E-state index in [4.69, 9.17) is 0 Å². The molecule has 2 aromatic heterocycles. The highest BCUT2D eigenvalue weighted by Gasteiger charge is 2.28. The lowest BCUT2D eigenvalue weighted by Crippen LogP contribution is -2.40. The molecule has 0 spiro atoms. The Hall–Kier alpha value is -2.21. The molecule has 6 nitrogen and oxygen atoms in total. The van der Waals surface area contributed by atoms with E-state index in [1.54, 1.807) is 12.3 Å². The lowest BCUT2D eigenvalue weighted by atomic mass is 9.91. The number of rotatable bonds is 5. The number of carboxylic acids is 1. The highest BCUT2D eigenvalue weighted by Crippen LogP contribution is 2.31. The van der Waals surface area contributed by atoms with Crippen molar-refractivity contribution < 1.29 is 9.90 Å². The van der Waals surface area contributed by atoms with Gasteiger partial charge < -0.3 is 10.0 Å². The van der Waals surface area contributed by atoms with Gasteiger partial charge in [0, 0.05) is 37.1 Å². The molecule has 0 radical (unpaired) electrons. The minimum atomic E-state index is -0.905. The Morgan fingerprint density at radius 3 is 2.67 bits per heavy atom. The molecule has 2 aliphatic rings. The number of carbonyl (C=O) groups is 1. The summed E-state index contributed by atoms with van der Waals surface area (Å²) in [5, 5.41) is 14.1. The van der Waals surface area contributed by atoms with Gasteiger partial charge in [0.15, 0.2) is 0 Å². The summed E-state index contributed by atoms with van der Waals surface area (Å²) >= 11 is 0. The monoisotopic (exact) mass is 368 g/mol. The SMILES string of the molecule is Cc1c(Cc2cnccc2C(=O)O)cnn1[C@H]1CCCN(C2CCC2)CC1. The van der Waals surface area contributed by atoms with Crippen LogP contribution in [-0.2, 0) is 6.42 Å². The second-order valence-corrected chi connectivity index (χ2v) is 7.92. The fourth-order valence-electron chi connectivity index (χ4n) is 4.45. The predicted octanol–water partition coefficient (Wildman–Crippen LogP) is 3.46. The van der Waals surface area contributed by atoms with Gasteiger partial charge >= 0.3 is 5.97 Å². The van der Waals surface area contributed by atoms with Crippen molar-refractivity contribution in [3.8, 4) is 0 Å². The summed E-state index contributed by atoms with van der Waals surface area (Å²) in [6.45, 7) is 4.48. The molecular formula is C21H28N4O2. The average molecular weight is 368 g/mol. The summed E-state index contributed by atoms with van der Waals surface area (Å²) in [7, 11) is 0. The van der Waals surface area contributed by atoms with E-state index in [0.717, 1.165) is 35.8 Å². The molecule has 4 rings (SSSR count). The van der Waals surface area contributed by atoms with Crippen LogP contribution in [0.3, 0.4) is 0 Å². The van der Waals surface area contributed by atoms with Crippen molar-refractivity contribution in [1.82, 2.24) is 19.7 Å². The fourth-order valence-corrected chi connectivity index (χ4v) is 4.45. The predicted molar refractivity (Wildman–Crippen MR) is 103 cm³/mol. The van der Waals surface area contributed by atoms with E-state index in [0.29, 0.717) is 18.0 Å². The topological polar surface area (TPSA) is 71.2 Å². The van der Waals surface area contributed by atoms with Gasteiger partial charge in [-0.05, 0) is 62.8 Å². The van der Waals surface area contributed by atoms with E-state index in [-0.39, 0.29) is 0 Å². The van der Waals surface area contributed by atoms with Gasteiger partial charge in [-0.2, -0.15) is 5.10 Å². The third-order valence-electron chi connectivity index (χ3n) is 6.33. The van der Waals surface area contributed by atoms with Crippen LogP contribution in [-0.4, -0.2) is 49.9 Å². The van der Waals surface area contributed by atoms with Crippen LogP contribution in [0.4, 0.5) is 0 Å². The van der Waals surface area contributed by atoms with Crippen LogP contribution in [0.5, 0.6) is 0 Å². The van der Waals surface area contributed by atoms with Crippen LogP contribution in [0.1, 0.15) is 71.7 Å². The zero-order valence-electron chi connectivity index (χ0n) is 16.0. The van der Waals surface area contributed by atoms with E-state index in [2.05, 4.69) is 26.6 Å². The Kier molecular flexibility index (Phi) is 5.25. The molecule has 3 heterocycles. The Morgan fingerprint density at radius 1 is 1.11 bits per heavy atom. The molecule has 0 aromatic carbocycles. The molecule has 27 heavy (non-hydrogen) atoms. The standard InChI is InChI=1S/C21H28N4O2/c1-15-16(12-17-13-22-9-7-20(17)21(26)27)14-23-25(15)19-6-3-10-24(11-8-19)18-4-2-5-18/h7,9,13-14,18-19H,2-6,8,10-12H2,1H3,(H,26,27)/t19-/m0/s1. The van der Waals surface area contributed by atoms with E-state index in [9.17, 15) is 9.90 Å². The second kappa shape index (κ2) is 7.80. The lowest BCUT2D eigenvalue weighted by Gasteiger charge is -2.36. The van der Waals surface area contributed by atoms with Crippen LogP contribution in [0.25, 0.3) is 0 Å². The van der Waals surface area contributed by atoms with Gasteiger partial charge in [-0.25, -0.2) is 4.79 Å². The maximum Gasteiger partial charge on any atom is 0.336 e. The molecule has 144 valence electrons. The Labute approximate surface area is 160 Å². The summed E-state index contributed by atoms with van der Waals surface area (Å²) in [6.07, 6.45) is 13.3. The molecule has 0 unspecified atom stereocenters. The highest BCUT2D eigenvalue weighted by molar-refractivity contribution is 5.89. The number of hydrogen-bond donors (Lipinski definition) is 1. The molecule has 2 fully saturated rings. The first-order valence-electron chi connectivity index (χ1n) is 10.1. The molecule has 1 saturated heterocycles. The minimum absolute atomic E-state index is 0.322. The summed E-state index contributed by atoms with van der Waals surface area (Å²) < 4.78 is 2.18. The first kappa shape index (κ1) is 18.2. The van der Waals surface area contributed by atoms with E-state index in [1.165, 1.54) is 44.8 Å². The molecule has 1 atom stereocenters. The molecule has 2 aromatic rings. The van der Waals surface area contributed by atoms with Crippen LogP contribution in [0, 0.1) is 6.92 Å². The van der Waals surface area contributed by atoms with Crippen LogP contribution in [0.15, 0.2) is 24.7 Å². The minimum Gasteiger partial charge on any atom is -0.478 e. The third-order valence-corrected chi connectivity index (χ3v) is 6.33. The molecule has 1 aliphatic heterocycles. The van der Waals surface area contributed by atoms with Crippen LogP contribution in [0.2, 0.25) is 0 Å². The summed E-state index contributed by atoms with van der Waals surface area (Å²) in [5.74, 6) is -0.905. The van der Waals surface area contributed by atoms with Gasteiger partial charge in [0.2, 0.25) is 0 Å². The molecule has 1 N–H and O–H groups in total. The molecule has 0 amide bonds. The zero-order valence-corrected chi connectivity index (χ0v) is 16.0. The normalized spacial score (nSPS) is 21.6. The maximum atomic E-state index is 11.4. The molecule has 6 heteroatoms. The Morgan fingerprint density at radius 2 is 1.93 bits per heavy atom. The highest BCUT2D eigenvalue weighted by atomic mass is 16.4. The van der Waals surface area contributed by atoms with Crippen molar-refractivity contribution >= 4 is 5.97 Å². The summed E-state index contributed by atoms with van der Waals surface area (Å²) in [5.41, 5.74) is 3.30. The number of aromatic nitrogens is 3. The maximum absolute atomic E-state index is 11.4. The van der Waals surface area contributed by atoms with Gasteiger partial charge in [-0.1, -0.05) is 6.42 Å². The summed E-state index contributed by atoms with van der Waals surface area (Å²) in [4.78, 5) is 18.2. The largest absolute Gasteiger partial charge is 0.478 e. The molecular weight excluding hydrogens is 340 g/mol. The number of aromatic carboxylic acids is 1. The molecule has 0 bridgehead atoms. The van der Waals surface area contributed by atoms with Crippen molar-refractivity contribution in [3.63, 3.8) is 0 Å². The summed E-state index contributed by atoms with van der Waals surface area (Å²) in [6, 6.07) is 2.83. The lowest BCUT2D eigenvalue weighted by molar-refractivity contribution is 0.0695. The smallest absolute Gasteiger partial charge is 0.336 e. The fraction of sp³-hybridized carbons (Fsp3) is 0.571. The van der Waals surface area contributed by atoms with Crippen molar-refractivity contribution in [2.24, 2.45) is 0 Å². The molecule has 1 saturated carbocycles.